The highest BCUT2D eigenvalue weighted by Crippen LogP contribution is 2.30. The van der Waals surface area contributed by atoms with Crippen LogP contribution in [-0.2, 0) is 15.8 Å². The molecular formula is C15H20F3N5O5. The fourth-order valence-corrected chi connectivity index (χ4v) is 2.25. The normalized spacial score (nSPS) is 12.2. The molecule has 1 unspecified atom stereocenters. The molecule has 0 aliphatic rings. The third kappa shape index (κ3) is 6.98. The zero-order valence-electron chi connectivity index (χ0n) is 14.9. The zero-order valence-corrected chi connectivity index (χ0v) is 14.9. The second kappa shape index (κ2) is 10.4. The molecule has 2 amide bonds. The number of amides is 2. The van der Waals surface area contributed by atoms with E-state index in [1.54, 1.807) is 0 Å². The molecule has 0 aromatic carbocycles. The summed E-state index contributed by atoms with van der Waals surface area (Å²) >= 11 is 0. The van der Waals surface area contributed by atoms with E-state index in [1.165, 1.54) is 0 Å². The number of halogens is 3. The number of rotatable bonds is 11. The van der Waals surface area contributed by atoms with Crippen molar-refractivity contribution in [2.75, 3.05) is 12.0 Å². The van der Waals surface area contributed by atoms with Crippen LogP contribution in [0.15, 0.2) is 6.20 Å². The van der Waals surface area contributed by atoms with Crippen molar-refractivity contribution in [2.45, 2.75) is 38.8 Å². The van der Waals surface area contributed by atoms with Gasteiger partial charge in [0, 0.05) is 6.20 Å². The standard InChI is InChI=1S/C15H20F3N5O5/c1-2-3-4-5-9(7-23(28)8-24)12(25)21-22-14-19-6-10(13(26)27)11(20-14)15(16,17)18/h6,8-9,28H,2-5,7H2,1H3,(H,21,25)(H,26,27)(H,19,20,22). The van der Waals surface area contributed by atoms with E-state index in [9.17, 15) is 32.8 Å². The van der Waals surface area contributed by atoms with Gasteiger partial charge in [-0.3, -0.25) is 25.6 Å². The summed E-state index contributed by atoms with van der Waals surface area (Å²) in [5.41, 5.74) is 1.37. The molecule has 0 bridgehead atoms. The average Bonchev–Trinajstić information content (AvgIpc) is 2.64. The van der Waals surface area contributed by atoms with Gasteiger partial charge in [-0.25, -0.2) is 19.8 Å². The SMILES string of the molecule is CCCCCC(CN(O)C=O)C(=O)NNc1ncc(C(=O)O)c(C(F)(F)F)n1. The lowest BCUT2D eigenvalue weighted by atomic mass is 10.0. The Morgan fingerprint density at radius 1 is 1.36 bits per heavy atom. The van der Waals surface area contributed by atoms with Crippen LogP contribution in [0.1, 0.15) is 48.7 Å². The second-order valence-electron chi connectivity index (χ2n) is 5.79. The Labute approximate surface area is 157 Å². The van der Waals surface area contributed by atoms with Gasteiger partial charge in [-0.05, 0) is 6.42 Å². The number of anilines is 1. The predicted octanol–water partition coefficient (Wildman–Crippen LogP) is 1.68. The van der Waals surface area contributed by atoms with Crippen molar-refractivity contribution in [3.05, 3.63) is 17.5 Å². The number of hydrazine groups is 1. The highest BCUT2D eigenvalue weighted by Gasteiger charge is 2.38. The Kier molecular flexibility index (Phi) is 8.57. The lowest BCUT2D eigenvalue weighted by Gasteiger charge is -2.20. The topological polar surface area (TPSA) is 145 Å². The maximum atomic E-state index is 12.9. The van der Waals surface area contributed by atoms with Crippen molar-refractivity contribution in [2.24, 2.45) is 5.92 Å². The van der Waals surface area contributed by atoms with Crippen LogP contribution >= 0.6 is 0 Å². The van der Waals surface area contributed by atoms with Gasteiger partial charge in [0.1, 0.15) is 5.56 Å². The minimum atomic E-state index is -5.04. The van der Waals surface area contributed by atoms with Crippen molar-refractivity contribution >= 4 is 24.2 Å². The maximum absolute atomic E-state index is 12.9. The summed E-state index contributed by atoms with van der Waals surface area (Å²) < 4.78 is 38.8. The number of alkyl halides is 3. The minimum absolute atomic E-state index is 0.122. The molecule has 13 heteroatoms. The number of hydrogen-bond donors (Lipinski definition) is 4. The van der Waals surface area contributed by atoms with Crippen LogP contribution in [-0.4, -0.2) is 50.2 Å². The van der Waals surface area contributed by atoms with E-state index in [4.69, 9.17) is 5.11 Å². The highest BCUT2D eigenvalue weighted by atomic mass is 19.4. The molecule has 10 nitrogen and oxygen atoms in total. The van der Waals surface area contributed by atoms with Crippen molar-refractivity contribution < 1.29 is 37.9 Å². The predicted molar refractivity (Wildman–Crippen MR) is 87.9 cm³/mol. The summed E-state index contributed by atoms with van der Waals surface area (Å²) in [7, 11) is 0. The molecule has 1 atom stereocenters. The van der Waals surface area contributed by atoms with Gasteiger partial charge >= 0.3 is 12.1 Å². The third-order valence-corrected chi connectivity index (χ3v) is 3.64. The highest BCUT2D eigenvalue weighted by molar-refractivity contribution is 5.88. The van der Waals surface area contributed by atoms with E-state index in [0.717, 1.165) is 12.8 Å². The first-order chi connectivity index (χ1) is 13.1. The molecule has 0 radical (unpaired) electrons. The molecule has 0 spiro atoms. The van der Waals surface area contributed by atoms with Crippen molar-refractivity contribution in [1.29, 1.82) is 0 Å². The number of carboxylic acids is 1. The van der Waals surface area contributed by atoms with Crippen LogP contribution in [0.3, 0.4) is 0 Å². The zero-order chi connectivity index (χ0) is 21.3. The molecular weight excluding hydrogens is 387 g/mol. The van der Waals surface area contributed by atoms with Gasteiger partial charge in [-0.1, -0.05) is 26.2 Å². The van der Waals surface area contributed by atoms with Crippen LogP contribution in [0.2, 0.25) is 0 Å². The van der Waals surface area contributed by atoms with Crippen molar-refractivity contribution in [1.82, 2.24) is 20.5 Å². The molecule has 0 fully saturated rings. The van der Waals surface area contributed by atoms with E-state index in [1.807, 2.05) is 6.92 Å². The van der Waals surface area contributed by atoms with Gasteiger partial charge in [0.05, 0.1) is 12.5 Å². The summed E-state index contributed by atoms with van der Waals surface area (Å²) in [6, 6.07) is 0. The smallest absolute Gasteiger partial charge is 0.434 e. The number of carboxylic acid groups (broad SMARTS) is 1. The fraction of sp³-hybridized carbons (Fsp3) is 0.533. The third-order valence-electron chi connectivity index (χ3n) is 3.64. The van der Waals surface area contributed by atoms with Gasteiger partial charge < -0.3 is 5.11 Å². The number of nitrogens with one attached hydrogen (secondary N) is 2. The lowest BCUT2D eigenvalue weighted by Crippen LogP contribution is -2.40. The first kappa shape index (κ1) is 23.1. The number of hydrogen-bond acceptors (Lipinski definition) is 7. The molecule has 4 N–H and O–H groups in total. The Morgan fingerprint density at radius 3 is 2.57 bits per heavy atom. The number of aromatic carboxylic acids is 1. The molecule has 0 aliphatic heterocycles. The summed E-state index contributed by atoms with van der Waals surface area (Å²) in [5.74, 6) is -4.07. The van der Waals surface area contributed by atoms with Crippen LogP contribution in [0.5, 0.6) is 0 Å². The largest absolute Gasteiger partial charge is 0.478 e. The summed E-state index contributed by atoms with van der Waals surface area (Å²) in [5, 5.41) is 18.4. The van der Waals surface area contributed by atoms with Gasteiger partial charge in [0.15, 0.2) is 5.69 Å². The van der Waals surface area contributed by atoms with E-state index >= 15 is 0 Å². The Hall–Kier alpha value is -2.96. The summed E-state index contributed by atoms with van der Waals surface area (Å²) in [6.45, 7) is 1.63. The first-order valence-corrected chi connectivity index (χ1v) is 8.24. The van der Waals surface area contributed by atoms with E-state index < -0.39 is 41.2 Å². The molecule has 1 aromatic heterocycles. The molecule has 0 saturated carbocycles. The minimum Gasteiger partial charge on any atom is -0.478 e. The molecule has 28 heavy (non-hydrogen) atoms. The lowest BCUT2D eigenvalue weighted by molar-refractivity contribution is -0.154. The fourth-order valence-electron chi connectivity index (χ4n) is 2.25. The number of hydroxylamine groups is 2. The first-order valence-electron chi connectivity index (χ1n) is 8.24. The number of carbonyl (C=O) groups excluding carboxylic acids is 2. The molecule has 1 rings (SSSR count). The monoisotopic (exact) mass is 407 g/mol. The van der Waals surface area contributed by atoms with Gasteiger partial charge in [0.2, 0.25) is 18.3 Å². The van der Waals surface area contributed by atoms with Crippen LogP contribution in [0.4, 0.5) is 19.1 Å². The average molecular weight is 407 g/mol. The number of carbonyl (C=O) groups is 3. The molecule has 1 heterocycles. The van der Waals surface area contributed by atoms with Gasteiger partial charge in [0.25, 0.3) is 0 Å². The number of aromatic nitrogens is 2. The Bertz CT molecular complexity index is 701. The van der Waals surface area contributed by atoms with E-state index in [2.05, 4.69) is 20.8 Å². The maximum Gasteiger partial charge on any atom is 0.434 e. The van der Waals surface area contributed by atoms with Crippen LogP contribution < -0.4 is 10.9 Å². The van der Waals surface area contributed by atoms with Gasteiger partial charge in [-0.2, -0.15) is 13.2 Å². The summed E-state index contributed by atoms with van der Waals surface area (Å²) in [4.78, 5) is 40.1. The number of unbranched alkanes of at least 4 members (excludes halogenated alkanes) is 2. The molecule has 0 aliphatic carbocycles. The Morgan fingerprint density at radius 2 is 2.04 bits per heavy atom. The summed E-state index contributed by atoms with van der Waals surface area (Å²) in [6.07, 6.45) is -1.83. The van der Waals surface area contributed by atoms with Crippen LogP contribution in [0.25, 0.3) is 0 Å². The van der Waals surface area contributed by atoms with E-state index in [-0.39, 0.29) is 18.0 Å². The Balaban J connectivity index is 2.87. The van der Waals surface area contributed by atoms with Crippen molar-refractivity contribution in [3.8, 4) is 0 Å². The van der Waals surface area contributed by atoms with E-state index in [0.29, 0.717) is 19.0 Å². The molecule has 156 valence electrons. The quantitative estimate of drug-likeness (QED) is 0.188. The molecule has 0 saturated heterocycles. The van der Waals surface area contributed by atoms with Gasteiger partial charge in [-0.15, -0.1) is 0 Å². The van der Waals surface area contributed by atoms with Crippen molar-refractivity contribution in [3.63, 3.8) is 0 Å². The number of nitrogens with zero attached hydrogens (tertiary/aromatic N) is 3. The second-order valence-corrected chi connectivity index (χ2v) is 5.79. The molecule has 1 aromatic rings. The van der Waals surface area contributed by atoms with Crippen LogP contribution in [0, 0.1) is 5.92 Å².